The van der Waals surface area contributed by atoms with E-state index in [4.69, 9.17) is 14.7 Å². The van der Waals surface area contributed by atoms with E-state index in [0.29, 0.717) is 82.3 Å². The van der Waals surface area contributed by atoms with E-state index in [2.05, 4.69) is 15.1 Å². The van der Waals surface area contributed by atoms with Crippen molar-refractivity contribution in [3.8, 4) is 28.6 Å². The van der Waals surface area contributed by atoms with Gasteiger partial charge < -0.3 is 25.2 Å². The van der Waals surface area contributed by atoms with Gasteiger partial charge in [0.25, 0.3) is 0 Å². The average molecular weight is 602 g/mol. The van der Waals surface area contributed by atoms with Crippen molar-refractivity contribution >= 4 is 27.5 Å². The fourth-order valence-corrected chi connectivity index (χ4v) is 8.32. The molecule has 4 aliphatic heterocycles. The van der Waals surface area contributed by atoms with Crippen LogP contribution in [0.1, 0.15) is 44.6 Å². The maximum atomic E-state index is 15.0. The number of nitrogens with one attached hydrogen (secondary N) is 1. The Kier molecular flexibility index (Phi) is 6.57. The van der Waals surface area contributed by atoms with Gasteiger partial charge in [-0.2, -0.15) is 9.97 Å². The summed E-state index contributed by atoms with van der Waals surface area (Å²) in [5, 5.41) is 27.8. The molecule has 2 unspecified atom stereocenters. The number of rotatable bonds is 6. The van der Waals surface area contributed by atoms with Gasteiger partial charge in [-0.3, -0.25) is 4.90 Å². The van der Waals surface area contributed by atoms with Gasteiger partial charge in [-0.25, -0.2) is 8.78 Å². The summed E-state index contributed by atoms with van der Waals surface area (Å²) in [5.74, 6) is 0.380. The molecule has 0 saturated carbocycles. The SMILES string of the molecule is CCc1c(F)ccc2cc(O)cc(-c3cc4nc(OC[C@@]56CCCN5C[C@H](F)C6)nc(N5CC6CCC(C5)N6)c4cc3O)c12. The third-order valence-corrected chi connectivity index (χ3v) is 10.3. The Morgan fingerprint density at radius 1 is 1.05 bits per heavy atom. The van der Waals surface area contributed by atoms with Crippen LogP contribution in [0.3, 0.4) is 0 Å². The second-order valence-corrected chi connectivity index (χ2v) is 13.1. The van der Waals surface area contributed by atoms with E-state index < -0.39 is 6.17 Å². The number of aromatic nitrogens is 2. The van der Waals surface area contributed by atoms with Gasteiger partial charge in [-0.1, -0.05) is 13.0 Å². The topological polar surface area (TPSA) is 94.0 Å². The minimum atomic E-state index is -0.858. The molecule has 4 atom stereocenters. The molecule has 4 fully saturated rings. The molecular weight excluding hydrogens is 564 g/mol. The Morgan fingerprint density at radius 3 is 2.66 bits per heavy atom. The van der Waals surface area contributed by atoms with Crippen LogP contribution in [0.4, 0.5) is 14.6 Å². The summed E-state index contributed by atoms with van der Waals surface area (Å²) in [6.07, 6.45) is 4.15. The van der Waals surface area contributed by atoms with E-state index in [1.54, 1.807) is 30.3 Å². The summed E-state index contributed by atoms with van der Waals surface area (Å²) in [6.45, 7) is 5.07. The number of phenols is 2. The fraction of sp³-hybridized carbons (Fsp3) is 0.471. The predicted octanol–water partition coefficient (Wildman–Crippen LogP) is 5.46. The van der Waals surface area contributed by atoms with Crippen LogP contribution in [-0.4, -0.2) is 81.7 Å². The zero-order valence-electron chi connectivity index (χ0n) is 24.8. The van der Waals surface area contributed by atoms with Crippen LogP contribution < -0.4 is 15.0 Å². The number of alkyl halides is 1. The normalized spacial score (nSPS) is 26.6. The highest BCUT2D eigenvalue weighted by molar-refractivity contribution is 6.04. The first-order chi connectivity index (χ1) is 21.3. The summed E-state index contributed by atoms with van der Waals surface area (Å²) in [5.41, 5.74) is 1.71. The molecule has 44 heavy (non-hydrogen) atoms. The van der Waals surface area contributed by atoms with Crippen molar-refractivity contribution in [1.82, 2.24) is 20.2 Å². The molecule has 4 aromatic rings. The van der Waals surface area contributed by atoms with Gasteiger partial charge in [-0.15, -0.1) is 0 Å². The smallest absolute Gasteiger partial charge is 0.319 e. The second kappa shape index (κ2) is 10.4. The fourth-order valence-electron chi connectivity index (χ4n) is 8.32. The Bertz CT molecular complexity index is 1770. The number of aryl methyl sites for hydroxylation is 1. The Labute approximate surface area is 254 Å². The first kappa shape index (κ1) is 27.8. The highest BCUT2D eigenvalue weighted by atomic mass is 19.1. The molecule has 1 aromatic heterocycles. The molecule has 5 heterocycles. The van der Waals surface area contributed by atoms with E-state index in [9.17, 15) is 19.0 Å². The molecule has 4 aliphatic rings. The molecule has 3 aromatic carbocycles. The van der Waals surface area contributed by atoms with E-state index in [0.717, 1.165) is 45.3 Å². The lowest BCUT2D eigenvalue weighted by Gasteiger charge is -2.34. The van der Waals surface area contributed by atoms with Gasteiger partial charge in [0.05, 0.1) is 11.1 Å². The lowest BCUT2D eigenvalue weighted by molar-refractivity contribution is 0.107. The minimum Gasteiger partial charge on any atom is -0.508 e. The van der Waals surface area contributed by atoms with Crippen molar-refractivity contribution in [2.45, 2.75) is 69.2 Å². The van der Waals surface area contributed by atoms with E-state index in [-0.39, 0.29) is 28.9 Å². The predicted molar refractivity (Wildman–Crippen MR) is 166 cm³/mol. The summed E-state index contributed by atoms with van der Waals surface area (Å²) in [7, 11) is 0. The van der Waals surface area contributed by atoms with E-state index in [1.165, 1.54) is 6.07 Å². The number of anilines is 1. The van der Waals surface area contributed by atoms with Crippen molar-refractivity contribution in [1.29, 1.82) is 0 Å². The Hall–Kier alpha value is -3.76. The molecular formula is C34H37F2N5O3. The van der Waals surface area contributed by atoms with Gasteiger partial charge in [0.15, 0.2) is 0 Å². The number of fused-ring (bicyclic) bond motifs is 5. The lowest BCUT2D eigenvalue weighted by Crippen LogP contribution is -2.51. The van der Waals surface area contributed by atoms with Crippen LogP contribution in [0.2, 0.25) is 0 Å². The van der Waals surface area contributed by atoms with Crippen molar-refractivity contribution in [3.63, 3.8) is 0 Å². The lowest BCUT2D eigenvalue weighted by atomic mass is 9.92. The largest absolute Gasteiger partial charge is 0.508 e. The number of piperazine rings is 1. The van der Waals surface area contributed by atoms with Crippen molar-refractivity contribution in [3.05, 3.63) is 47.8 Å². The standard InChI is InChI=1S/C34H37F2N5O3/c1-2-24-28(36)7-4-19-10-23(42)11-26(31(19)24)25-12-29-27(13-30(25)43)32(40-16-21-5-6-22(17-40)37-21)39-33(38-29)44-18-34-8-3-9-41(34)15-20(35)14-34/h4,7,10-13,20-22,37,42-43H,2-3,5-6,8-9,14-18H2,1H3/t20-,21?,22?,34+/m1/s1. The number of hydrogen-bond donors (Lipinski definition) is 3. The summed E-state index contributed by atoms with van der Waals surface area (Å²) < 4.78 is 35.8. The molecule has 0 aliphatic carbocycles. The Morgan fingerprint density at radius 2 is 1.86 bits per heavy atom. The quantitative estimate of drug-likeness (QED) is 0.269. The highest BCUT2D eigenvalue weighted by Crippen LogP contribution is 2.44. The van der Waals surface area contributed by atoms with Crippen LogP contribution in [0.5, 0.6) is 17.5 Å². The summed E-state index contributed by atoms with van der Waals surface area (Å²) in [6, 6.07) is 10.6. The Balaban J connectivity index is 1.27. The van der Waals surface area contributed by atoms with Crippen LogP contribution in [0, 0.1) is 5.82 Å². The van der Waals surface area contributed by atoms with Gasteiger partial charge >= 0.3 is 6.01 Å². The van der Waals surface area contributed by atoms with Crippen LogP contribution in [0.25, 0.3) is 32.8 Å². The van der Waals surface area contributed by atoms with Crippen LogP contribution >= 0.6 is 0 Å². The van der Waals surface area contributed by atoms with Gasteiger partial charge in [-0.05, 0) is 90.9 Å². The number of halogens is 2. The van der Waals surface area contributed by atoms with Crippen molar-refractivity contribution < 1.29 is 23.7 Å². The molecule has 8 nitrogen and oxygen atoms in total. The molecule has 4 saturated heterocycles. The second-order valence-electron chi connectivity index (χ2n) is 13.1. The highest BCUT2D eigenvalue weighted by Gasteiger charge is 2.49. The molecule has 8 rings (SSSR count). The molecule has 230 valence electrons. The van der Waals surface area contributed by atoms with E-state index in [1.807, 2.05) is 6.92 Å². The van der Waals surface area contributed by atoms with Crippen molar-refractivity contribution in [2.75, 3.05) is 37.7 Å². The van der Waals surface area contributed by atoms with E-state index >= 15 is 0 Å². The number of benzene rings is 3. The zero-order valence-corrected chi connectivity index (χ0v) is 24.8. The number of ether oxygens (including phenoxy) is 1. The summed E-state index contributed by atoms with van der Waals surface area (Å²) >= 11 is 0. The number of phenolic OH excluding ortho intramolecular Hbond substituents is 2. The number of aromatic hydroxyl groups is 2. The molecule has 0 spiro atoms. The molecule has 2 bridgehead atoms. The third-order valence-electron chi connectivity index (χ3n) is 10.3. The van der Waals surface area contributed by atoms with Gasteiger partial charge in [0.1, 0.15) is 35.9 Å². The average Bonchev–Trinajstić information content (AvgIpc) is 3.65. The maximum absolute atomic E-state index is 15.0. The molecule has 3 N–H and O–H groups in total. The molecule has 0 amide bonds. The molecule has 0 radical (unpaired) electrons. The zero-order chi connectivity index (χ0) is 30.2. The minimum absolute atomic E-state index is 0.00670. The number of hydrogen-bond acceptors (Lipinski definition) is 8. The first-order valence-corrected chi connectivity index (χ1v) is 15.8. The molecule has 10 heteroatoms. The summed E-state index contributed by atoms with van der Waals surface area (Å²) in [4.78, 5) is 14.2. The van der Waals surface area contributed by atoms with Gasteiger partial charge in [0.2, 0.25) is 0 Å². The third kappa shape index (κ3) is 4.53. The van der Waals surface area contributed by atoms with Crippen molar-refractivity contribution in [2.24, 2.45) is 0 Å². The maximum Gasteiger partial charge on any atom is 0.319 e. The van der Waals surface area contributed by atoms with Crippen LogP contribution in [0.15, 0.2) is 36.4 Å². The number of nitrogens with zero attached hydrogens (tertiary/aromatic N) is 4. The monoisotopic (exact) mass is 601 g/mol. The van der Waals surface area contributed by atoms with Crippen LogP contribution in [-0.2, 0) is 6.42 Å². The van der Waals surface area contributed by atoms with Gasteiger partial charge in [0, 0.05) is 49.1 Å². The first-order valence-electron chi connectivity index (χ1n) is 15.8.